The molecule has 4 nitrogen and oxygen atoms in total. The van der Waals surface area contributed by atoms with E-state index in [0.29, 0.717) is 25.9 Å². The summed E-state index contributed by atoms with van der Waals surface area (Å²) in [6.07, 6.45) is 17.9. The highest BCUT2D eigenvalue weighted by Crippen LogP contribution is 2.13. The van der Waals surface area contributed by atoms with E-state index in [1.807, 2.05) is 0 Å². The minimum atomic E-state index is -3.16. The van der Waals surface area contributed by atoms with Crippen molar-refractivity contribution in [2.75, 3.05) is 18.8 Å². The Morgan fingerprint density at radius 3 is 1.56 bits per heavy atom. The molecule has 0 rings (SSSR count). The summed E-state index contributed by atoms with van der Waals surface area (Å²) < 4.78 is 27.3. The van der Waals surface area contributed by atoms with E-state index in [1.54, 1.807) is 4.31 Å². The molecule has 0 aromatic rings. The first kappa shape index (κ1) is 26.6. The highest BCUT2D eigenvalue weighted by atomic mass is 32.2. The van der Waals surface area contributed by atoms with E-state index in [4.69, 9.17) is 0 Å². The molecule has 0 aromatic carbocycles. The number of sulfonamides is 1. The Bertz CT molecular complexity index is 407. The Balaban J connectivity index is 4.31. The fraction of sp³-hybridized carbons (Fsp3) is 0.955. The zero-order valence-corrected chi connectivity index (χ0v) is 18.9. The van der Waals surface area contributed by atoms with Gasteiger partial charge in [0.05, 0.1) is 5.75 Å². The molecular weight excluding hydrogens is 358 g/mol. The van der Waals surface area contributed by atoms with Crippen LogP contribution >= 0.6 is 0 Å². The van der Waals surface area contributed by atoms with Crippen LogP contribution in [0, 0.1) is 0 Å². The number of aldehydes is 1. The third-order valence-corrected chi connectivity index (χ3v) is 7.10. The molecule has 0 N–H and O–H groups in total. The van der Waals surface area contributed by atoms with E-state index in [0.717, 1.165) is 44.8 Å². The number of nitrogens with zero attached hydrogens (tertiary/aromatic N) is 1. The molecule has 0 fully saturated rings. The lowest BCUT2D eigenvalue weighted by Gasteiger charge is -2.22. The largest absolute Gasteiger partial charge is 0.303 e. The van der Waals surface area contributed by atoms with Crippen molar-refractivity contribution in [3.05, 3.63) is 0 Å². The van der Waals surface area contributed by atoms with Crippen molar-refractivity contribution in [3.8, 4) is 0 Å². The van der Waals surface area contributed by atoms with Crippen LogP contribution in [0.5, 0.6) is 0 Å². The van der Waals surface area contributed by atoms with Gasteiger partial charge in [0.15, 0.2) is 0 Å². The molecule has 0 aliphatic rings. The molecular formula is C22H45NO3S. The lowest BCUT2D eigenvalue weighted by atomic mass is 10.1. The third-order valence-electron chi connectivity index (χ3n) is 5.14. The summed E-state index contributed by atoms with van der Waals surface area (Å²) in [7, 11) is -3.16. The average molecular weight is 404 g/mol. The summed E-state index contributed by atoms with van der Waals surface area (Å²) in [5.74, 6) is 0.234. The fourth-order valence-corrected chi connectivity index (χ4v) is 4.99. The van der Waals surface area contributed by atoms with Crippen molar-refractivity contribution in [3.63, 3.8) is 0 Å². The molecule has 0 aliphatic carbocycles. The molecule has 27 heavy (non-hydrogen) atoms. The van der Waals surface area contributed by atoms with Gasteiger partial charge in [-0.1, -0.05) is 84.5 Å². The molecule has 0 heterocycles. The first-order valence-corrected chi connectivity index (χ1v) is 13.1. The minimum Gasteiger partial charge on any atom is -0.303 e. The zero-order valence-electron chi connectivity index (χ0n) is 18.1. The molecule has 5 heteroatoms. The molecule has 0 saturated heterocycles. The SMILES string of the molecule is CCCCCCCCN(CCCCCCCC)S(=O)(=O)CCCCCC=O. The Morgan fingerprint density at radius 2 is 1.07 bits per heavy atom. The van der Waals surface area contributed by atoms with E-state index in [1.165, 1.54) is 51.4 Å². The molecule has 0 saturated carbocycles. The van der Waals surface area contributed by atoms with Gasteiger partial charge in [-0.15, -0.1) is 0 Å². The third kappa shape index (κ3) is 16.3. The van der Waals surface area contributed by atoms with Gasteiger partial charge in [-0.2, -0.15) is 0 Å². The summed E-state index contributed by atoms with van der Waals surface area (Å²) in [5.41, 5.74) is 0. The first-order chi connectivity index (χ1) is 13.1. The summed E-state index contributed by atoms with van der Waals surface area (Å²) >= 11 is 0. The molecule has 0 bridgehead atoms. The average Bonchev–Trinajstić information content (AvgIpc) is 2.65. The van der Waals surface area contributed by atoms with Crippen molar-refractivity contribution >= 4 is 16.3 Å². The Labute approximate surface area is 169 Å². The Kier molecular flexibility index (Phi) is 18.6. The van der Waals surface area contributed by atoms with Crippen molar-refractivity contribution in [2.24, 2.45) is 0 Å². The lowest BCUT2D eigenvalue weighted by molar-refractivity contribution is -0.107. The predicted octanol–water partition coefficient (Wildman–Crippen LogP) is 6.10. The van der Waals surface area contributed by atoms with Crippen LogP contribution in [0.25, 0.3) is 0 Å². The lowest BCUT2D eigenvalue weighted by Crippen LogP contribution is -2.35. The van der Waals surface area contributed by atoms with E-state index >= 15 is 0 Å². The van der Waals surface area contributed by atoms with Gasteiger partial charge in [-0.25, -0.2) is 12.7 Å². The van der Waals surface area contributed by atoms with E-state index in [9.17, 15) is 13.2 Å². The number of carbonyl (C=O) groups is 1. The standard InChI is InChI=1S/C22H45NO3S/c1-3-5-7-9-11-15-19-23(20-16-12-10-8-6-4-2)27(25,26)22-18-14-13-17-21-24/h21H,3-20,22H2,1-2H3. The predicted molar refractivity (Wildman–Crippen MR) is 117 cm³/mol. The quantitative estimate of drug-likeness (QED) is 0.172. The van der Waals surface area contributed by atoms with Gasteiger partial charge in [0, 0.05) is 19.5 Å². The molecule has 0 amide bonds. The van der Waals surface area contributed by atoms with Gasteiger partial charge in [0.1, 0.15) is 6.29 Å². The van der Waals surface area contributed by atoms with E-state index < -0.39 is 10.0 Å². The molecule has 162 valence electrons. The van der Waals surface area contributed by atoms with Gasteiger partial charge < -0.3 is 4.79 Å². The van der Waals surface area contributed by atoms with Crippen LogP contribution < -0.4 is 0 Å². The van der Waals surface area contributed by atoms with Crippen LogP contribution in [0.4, 0.5) is 0 Å². The Hall–Kier alpha value is -0.420. The van der Waals surface area contributed by atoms with Crippen molar-refractivity contribution in [1.29, 1.82) is 0 Å². The molecule has 0 radical (unpaired) electrons. The van der Waals surface area contributed by atoms with Crippen molar-refractivity contribution < 1.29 is 13.2 Å². The minimum absolute atomic E-state index is 0.234. The maximum atomic E-state index is 12.8. The van der Waals surface area contributed by atoms with E-state index in [2.05, 4.69) is 13.8 Å². The van der Waals surface area contributed by atoms with Gasteiger partial charge in [0.25, 0.3) is 0 Å². The number of hydrogen-bond donors (Lipinski definition) is 0. The molecule has 0 spiro atoms. The maximum Gasteiger partial charge on any atom is 0.214 e. The number of hydrogen-bond acceptors (Lipinski definition) is 3. The molecule has 0 unspecified atom stereocenters. The highest BCUT2D eigenvalue weighted by Gasteiger charge is 2.20. The van der Waals surface area contributed by atoms with Crippen LogP contribution in [0.1, 0.15) is 117 Å². The van der Waals surface area contributed by atoms with Crippen LogP contribution in [0.15, 0.2) is 0 Å². The monoisotopic (exact) mass is 403 g/mol. The summed E-state index contributed by atoms with van der Waals surface area (Å²) in [6.45, 7) is 5.78. The number of unbranched alkanes of at least 4 members (excludes halogenated alkanes) is 13. The van der Waals surface area contributed by atoms with Gasteiger partial charge in [-0.05, 0) is 25.7 Å². The van der Waals surface area contributed by atoms with E-state index in [-0.39, 0.29) is 5.75 Å². The summed E-state index contributed by atoms with van der Waals surface area (Å²) in [5, 5.41) is 0. The second-order valence-electron chi connectivity index (χ2n) is 7.77. The normalized spacial score (nSPS) is 12.0. The molecule has 0 aliphatic heterocycles. The fourth-order valence-electron chi connectivity index (χ4n) is 3.34. The van der Waals surface area contributed by atoms with Gasteiger partial charge in [0.2, 0.25) is 10.0 Å². The molecule has 0 atom stereocenters. The summed E-state index contributed by atoms with van der Waals surface area (Å²) in [6, 6.07) is 0. The molecule has 0 aromatic heterocycles. The Morgan fingerprint density at radius 1 is 0.630 bits per heavy atom. The highest BCUT2D eigenvalue weighted by molar-refractivity contribution is 7.89. The van der Waals surface area contributed by atoms with Crippen LogP contribution in [-0.2, 0) is 14.8 Å². The number of carbonyl (C=O) groups excluding carboxylic acids is 1. The number of rotatable bonds is 21. The topological polar surface area (TPSA) is 54.5 Å². The van der Waals surface area contributed by atoms with Gasteiger partial charge in [-0.3, -0.25) is 0 Å². The zero-order chi connectivity index (χ0) is 20.2. The first-order valence-electron chi connectivity index (χ1n) is 11.5. The maximum absolute atomic E-state index is 12.8. The van der Waals surface area contributed by atoms with Crippen LogP contribution in [0.2, 0.25) is 0 Å². The van der Waals surface area contributed by atoms with Crippen LogP contribution in [-0.4, -0.2) is 37.9 Å². The van der Waals surface area contributed by atoms with Gasteiger partial charge >= 0.3 is 0 Å². The smallest absolute Gasteiger partial charge is 0.214 e. The van der Waals surface area contributed by atoms with Crippen molar-refractivity contribution in [1.82, 2.24) is 4.31 Å². The van der Waals surface area contributed by atoms with Crippen molar-refractivity contribution in [2.45, 2.75) is 117 Å². The van der Waals surface area contributed by atoms with Crippen LogP contribution in [0.3, 0.4) is 0 Å². The summed E-state index contributed by atoms with van der Waals surface area (Å²) in [4.78, 5) is 10.4. The second kappa shape index (κ2) is 18.9. The second-order valence-corrected chi connectivity index (χ2v) is 9.86.